The molecular formula is C14H16N2O4S. The molecule has 6 nitrogen and oxygen atoms in total. The SMILES string of the molecule is Cc1cc(C)c(C(=O)NC(C)c2nc(C)c(C(=O)O)s2)o1. The van der Waals surface area contributed by atoms with E-state index in [9.17, 15) is 9.59 Å². The summed E-state index contributed by atoms with van der Waals surface area (Å²) in [5.74, 6) is -0.403. The lowest BCUT2D eigenvalue weighted by Crippen LogP contribution is -2.26. The highest BCUT2D eigenvalue weighted by atomic mass is 32.1. The number of nitrogens with zero attached hydrogens (tertiary/aromatic N) is 1. The quantitative estimate of drug-likeness (QED) is 0.906. The number of carboxylic acids is 1. The first kappa shape index (κ1) is 15.2. The smallest absolute Gasteiger partial charge is 0.347 e. The zero-order valence-electron chi connectivity index (χ0n) is 12.2. The highest BCUT2D eigenvalue weighted by Crippen LogP contribution is 2.24. The maximum Gasteiger partial charge on any atom is 0.347 e. The Hall–Kier alpha value is -2.15. The molecule has 2 heterocycles. The predicted octanol–water partition coefficient (Wildman–Crippen LogP) is 2.85. The zero-order valence-corrected chi connectivity index (χ0v) is 13.0. The van der Waals surface area contributed by atoms with Gasteiger partial charge < -0.3 is 14.8 Å². The predicted molar refractivity (Wildman–Crippen MR) is 77.9 cm³/mol. The van der Waals surface area contributed by atoms with E-state index in [0.717, 1.165) is 16.9 Å². The van der Waals surface area contributed by atoms with Crippen molar-refractivity contribution in [2.24, 2.45) is 0 Å². The summed E-state index contributed by atoms with van der Waals surface area (Å²) in [4.78, 5) is 27.6. The summed E-state index contributed by atoms with van der Waals surface area (Å²) in [6.45, 7) is 6.97. The molecule has 0 saturated carbocycles. The third-order valence-electron chi connectivity index (χ3n) is 2.97. The van der Waals surface area contributed by atoms with Crippen molar-refractivity contribution in [3.63, 3.8) is 0 Å². The number of aryl methyl sites for hydroxylation is 3. The summed E-state index contributed by atoms with van der Waals surface area (Å²) >= 11 is 1.07. The summed E-state index contributed by atoms with van der Waals surface area (Å²) in [6, 6.07) is 1.40. The molecule has 2 aromatic heterocycles. The molecule has 0 bridgehead atoms. The molecule has 112 valence electrons. The summed E-state index contributed by atoms with van der Waals surface area (Å²) in [5.41, 5.74) is 1.22. The van der Waals surface area contributed by atoms with Crippen molar-refractivity contribution in [3.8, 4) is 0 Å². The lowest BCUT2D eigenvalue weighted by atomic mass is 10.2. The fourth-order valence-corrected chi connectivity index (χ4v) is 2.90. The number of carbonyl (C=O) groups is 2. The minimum atomic E-state index is -1.01. The second-order valence-electron chi connectivity index (χ2n) is 4.84. The Morgan fingerprint density at radius 1 is 1.38 bits per heavy atom. The van der Waals surface area contributed by atoms with E-state index < -0.39 is 5.97 Å². The maximum atomic E-state index is 12.1. The van der Waals surface area contributed by atoms with Gasteiger partial charge in [0, 0.05) is 5.56 Å². The number of hydrogen-bond acceptors (Lipinski definition) is 5. The molecule has 1 amide bonds. The highest BCUT2D eigenvalue weighted by molar-refractivity contribution is 7.13. The number of furan rings is 1. The Kier molecular flexibility index (Phi) is 4.13. The summed E-state index contributed by atoms with van der Waals surface area (Å²) < 4.78 is 5.36. The summed E-state index contributed by atoms with van der Waals surface area (Å²) in [7, 11) is 0. The molecule has 7 heteroatoms. The van der Waals surface area contributed by atoms with Gasteiger partial charge in [-0.2, -0.15) is 0 Å². The van der Waals surface area contributed by atoms with Gasteiger partial charge in [0.1, 0.15) is 15.6 Å². The number of amides is 1. The van der Waals surface area contributed by atoms with E-state index in [4.69, 9.17) is 9.52 Å². The molecule has 0 aliphatic rings. The molecule has 0 fully saturated rings. The fourth-order valence-electron chi connectivity index (χ4n) is 1.99. The van der Waals surface area contributed by atoms with Crippen LogP contribution in [0.25, 0.3) is 0 Å². The molecule has 1 atom stereocenters. The number of rotatable bonds is 4. The third kappa shape index (κ3) is 3.13. The van der Waals surface area contributed by atoms with Gasteiger partial charge in [-0.05, 0) is 33.8 Å². The van der Waals surface area contributed by atoms with Crippen LogP contribution in [0.15, 0.2) is 10.5 Å². The van der Waals surface area contributed by atoms with Crippen LogP contribution < -0.4 is 5.32 Å². The zero-order chi connectivity index (χ0) is 15.7. The van der Waals surface area contributed by atoms with Gasteiger partial charge in [0.2, 0.25) is 0 Å². The van der Waals surface area contributed by atoms with E-state index >= 15 is 0 Å². The number of carbonyl (C=O) groups excluding carboxylic acids is 1. The van der Waals surface area contributed by atoms with Crippen LogP contribution in [0.4, 0.5) is 0 Å². The van der Waals surface area contributed by atoms with Crippen molar-refractivity contribution in [1.82, 2.24) is 10.3 Å². The van der Waals surface area contributed by atoms with Crippen molar-refractivity contribution < 1.29 is 19.1 Å². The van der Waals surface area contributed by atoms with E-state index in [1.807, 2.05) is 0 Å². The lowest BCUT2D eigenvalue weighted by Gasteiger charge is -2.10. The molecule has 2 aromatic rings. The Labute approximate surface area is 125 Å². The van der Waals surface area contributed by atoms with Crippen LogP contribution in [-0.2, 0) is 0 Å². The van der Waals surface area contributed by atoms with Gasteiger partial charge in [-0.25, -0.2) is 9.78 Å². The molecule has 1 unspecified atom stereocenters. The molecule has 21 heavy (non-hydrogen) atoms. The topological polar surface area (TPSA) is 92.4 Å². The van der Waals surface area contributed by atoms with Crippen molar-refractivity contribution in [3.05, 3.63) is 38.7 Å². The first-order valence-corrected chi connectivity index (χ1v) is 7.19. The van der Waals surface area contributed by atoms with Gasteiger partial charge >= 0.3 is 5.97 Å². The van der Waals surface area contributed by atoms with Crippen molar-refractivity contribution in [1.29, 1.82) is 0 Å². The number of thiazole rings is 1. The van der Waals surface area contributed by atoms with Gasteiger partial charge in [-0.15, -0.1) is 11.3 Å². The maximum absolute atomic E-state index is 12.1. The molecule has 2 rings (SSSR count). The van der Waals surface area contributed by atoms with Crippen LogP contribution in [0.2, 0.25) is 0 Å². The van der Waals surface area contributed by atoms with E-state index in [-0.39, 0.29) is 22.6 Å². The van der Waals surface area contributed by atoms with Gasteiger partial charge in [-0.1, -0.05) is 0 Å². The number of hydrogen-bond donors (Lipinski definition) is 2. The van der Waals surface area contributed by atoms with Crippen LogP contribution in [0.3, 0.4) is 0 Å². The normalized spacial score (nSPS) is 12.2. The van der Waals surface area contributed by atoms with Crippen LogP contribution in [0.1, 0.15) is 55.2 Å². The Balaban J connectivity index is 2.16. The number of aromatic carboxylic acids is 1. The highest BCUT2D eigenvalue weighted by Gasteiger charge is 2.21. The van der Waals surface area contributed by atoms with Gasteiger partial charge in [-0.3, -0.25) is 4.79 Å². The first-order chi connectivity index (χ1) is 9.79. The van der Waals surface area contributed by atoms with E-state index in [2.05, 4.69) is 10.3 Å². The molecule has 0 saturated heterocycles. The monoisotopic (exact) mass is 308 g/mol. The van der Waals surface area contributed by atoms with Gasteiger partial charge in [0.25, 0.3) is 5.91 Å². The summed E-state index contributed by atoms with van der Waals surface area (Å²) in [6.07, 6.45) is 0. The molecule has 2 N–H and O–H groups in total. The molecular weight excluding hydrogens is 292 g/mol. The second-order valence-corrected chi connectivity index (χ2v) is 5.87. The number of nitrogens with one attached hydrogen (secondary N) is 1. The third-order valence-corrected chi connectivity index (χ3v) is 4.30. The van der Waals surface area contributed by atoms with E-state index in [1.54, 1.807) is 33.8 Å². The molecule has 0 aliphatic heterocycles. The van der Waals surface area contributed by atoms with Gasteiger partial charge in [0.15, 0.2) is 5.76 Å². The fraction of sp³-hybridized carbons (Fsp3) is 0.357. The Morgan fingerprint density at radius 3 is 2.52 bits per heavy atom. The number of aromatic nitrogens is 1. The second kappa shape index (κ2) is 5.69. The lowest BCUT2D eigenvalue weighted by molar-refractivity contribution is 0.0700. The van der Waals surface area contributed by atoms with Crippen LogP contribution >= 0.6 is 11.3 Å². The first-order valence-electron chi connectivity index (χ1n) is 6.38. The molecule has 0 spiro atoms. The van der Waals surface area contributed by atoms with Crippen LogP contribution in [-0.4, -0.2) is 22.0 Å². The largest absolute Gasteiger partial charge is 0.477 e. The summed E-state index contributed by atoms with van der Waals surface area (Å²) in [5, 5.41) is 12.4. The van der Waals surface area contributed by atoms with E-state index in [1.165, 1.54) is 0 Å². The standard InChI is InChI=1S/C14H16N2O4S/c1-6-5-7(2)20-10(6)12(17)15-9(4)13-16-8(3)11(21-13)14(18)19/h5,9H,1-4H3,(H,15,17)(H,18,19). The average molecular weight is 308 g/mol. The molecule has 0 aliphatic carbocycles. The average Bonchev–Trinajstić information content (AvgIpc) is 2.92. The Bertz CT molecular complexity index is 702. The Morgan fingerprint density at radius 2 is 2.05 bits per heavy atom. The minimum Gasteiger partial charge on any atom is -0.477 e. The van der Waals surface area contributed by atoms with Crippen LogP contribution in [0.5, 0.6) is 0 Å². The molecule has 0 aromatic carbocycles. The van der Waals surface area contributed by atoms with Gasteiger partial charge in [0.05, 0.1) is 11.7 Å². The molecule has 0 radical (unpaired) electrons. The van der Waals surface area contributed by atoms with Crippen molar-refractivity contribution in [2.45, 2.75) is 33.7 Å². The van der Waals surface area contributed by atoms with Crippen molar-refractivity contribution >= 4 is 23.2 Å². The van der Waals surface area contributed by atoms with E-state index in [0.29, 0.717) is 16.5 Å². The number of carboxylic acid groups (broad SMARTS) is 1. The minimum absolute atomic E-state index is 0.191. The van der Waals surface area contributed by atoms with Crippen LogP contribution in [0, 0.1) is 20.8 Å². The van der Waals surface area contributed by atoms with Crippen molar-refractivity contribution in [2.75, 3.05) is 0 Å².